The number of rotatable bonds is 5. The van der Waals surface area contributed by atoms with E-state index in [0.29, 0.717) is 6.54 Å². The van der Waals surface area contributed by atoms with E-state index in [1.54, 1.807) is 13.0 Å². The molecular formula is C15H20N2O2. The molecule has 0 bridgehead atoms. The molecule has 0 saturated carbocycles. The molecule has 1 atom stereocenters. The Labute approximate surface area is 113 Å². The topological polar surface area (TPSA) is 58.2 Å². The van der Waals surface area contributed by atoms with Gasteiger partial charge in [0.25, 0.3) is 0 Å². The van der Waals surface area contributed by atoms with Gasteiger partial charge in [-0.15, -0.1) is 6.58 Å². The number of carbonyl (C=O) groups excluding carboxylic acids is 2. The maximum Gasteiger partial charge on any atom is 0.236 e. The minimum atomic E-state index is -0.736. The van der Waals surface area contributed by atoms with Crippen molar-refractivity contribution in [2.24, 2.45) is 5.92 Å². The number of nitrogens with one attached hydrogen (secondary N) is 2. The molecule has 4 heteroatoms. The highest BCUT2D eigenvalue weighted by Gasteiger charge is 2.21. The molecule has 19 heavy (non-hydrogen) atoms. The van der Waals surface area contributed by atoms with Crippen LogP contribution in [0.2, 0.25) is 0 Å². The molecule has 1 rings (SSSR count). The van der Waals surface area contributed by atoms with Gasteiger partial charge in [0.1, 0.15) is 5.92 Å². The van der Waals surface area contributed by atoms with Crippen LogP contribution in [0.25, 0.3) is 0 Å². The molecule has 102 valence electrons. The standard InChI is InChI=1S/C15H20N2O2/c1-5-8-16-14(18)12(4)15(19)17-13-9-10(2)6-7-11(13)3/h5-7,9,12H,1,8H2,2-4H3,(H,16,18)(H,17,19). The largest absolute Gasteiger partial charge is 0.352 e. The van der Waals surface area contributed by atoms with Gasteiger partial charge in [0, 0.05) is 12.2 Å². The first-order chi connectivity index (χ1) is 8.95. The normalized spacial score (nSPS) is 11.5. The van der Waals surface area contributed by atoms with Gasteiger partial charge in [-0.2, -0.15) is 0 Å². The summed E-state index contributed by atoms with van der Waals surface area (Å²) in [4.78, 5) is 23.6. The lowest BCUT2D eigenvalue weighted by Crippen LogP contribution is -2.36. The van der Waals surface area contributed by atoms with Gasteiger partial charge >= 0.3 is 0 Å². The van der Waals surface area contributed by atoms with Crippen LogP contribution in [0, 0.1) is 19.8 Å². The quantitative estimate of drug-likeness (QED) is 0.629. The third-order valence-electron chi connectivity index (χ3n) is 2.86. The van der Waals surface area contributed by atoms with Gasteiger partial charge in [-0.05, 0) is 38.0 Å². The SMILES string of the molecule is C=CCNC(=O)C(C)C(=O)Nc1cc(C)ccc1C. The van der Waals surface area contributed by atoms with Crippen molar-refractivity contribution in [2.75, 3.05) is 11.9 Å². The smallest absolute Gasteiger partial charge is 0.236 e. The summed E-state index contributed by atoms with van der Waals surface area (Å²) in [7, 11) is 0. The first-order valence-electron chi connectivity index (χ1n) is 6.22. The third-order valence-corrected chi connectivity index (χ3v) is 2.86. The van der Waals surface area contributed by atoms with E-state index in [4.69, 9.17) is 0 Å². The predicted molar refractivity (Wildman–Crippen MR) is 76.9 cm³/mol. The van der Waals surface area contributed by atoms with Crippen LogP contribution in [0.15, 0.2) is 30.9 Å². The van der Waals surface area contributed by atoms with E-state index in [2.05, 4.69) is 17.2 Å². The zero-order valence-corrected chi connectivity index (χ0v) is 11.6. The zero-order chi connectivity index (χ0) is 14.4. The van der Waals surface area contributed by atoms with Crippen molar-refractivity contribution in [2.45, 2.75) is 20.8 Å². The molecule has 0 aliphatic rings. The number of carbonyl (C=O) groups is 2. The fourth-order valence-corrected chi connectivity index (χ4v) is 1.56. The summed E-state index contributed by atoms with van der Waals surface area (Å²) >= 11 is 0. The van der Waals surface area contributed by atoms with E-state index >= 15 is 0 Å². The second-order valence-corrected chi connectivity index (χ2v) is 4.56. The van der Waals surface area contributed by atoms with E-state index < -0.39 is 5.92 Å². The fourth-order valence-electron chi connectivity index (χ4n) is 1.56. The highest BCUT2D eigenvalue weighted by Crippen LogP contribution is 2.17. The summed E-state index contributed by atoms with van der Waals surface area (Å²) < 4.78 is 0. The second-order valence-electron chi connectivity index (χ2n) is 4.56. The number of aryl methyl sites for hydroxylation is 2. The molecule has 2 N–H and O–H groups in total. The summed E-state index contributed by atoms with van der Waals surface area (Å²) in [6, 6.07) is 5.81. The van der Waals surface area contributed by atoms with Crippen molar-refractivity contribution in [3.8, 4) is 0 Å². The summed E-state index contributed by atoms with van der Waals surface area (Å²) in [5.74, 6) is -1.35. The number of amides is 2. The van der Waals surface area contributed by atoms with Crippen molar-refractivity contribution in [3.63, 3.8) is 0 Å². The van der Waals surface area contributed by atoms with Gasteiger partial charge in [-0.1, -0.05) is 18.2 Å². The Morgan fingerprint density at radius 2 is 2.00 bits per heavy atom. The number of benzene rings is 1. The minimum absolute atomic E-state index is 0.303. The molecule has 0 aliphatic heterocycles. The summed E-state index contributed by atoms with van der Waals surface area (Å²) in [6.07, 6.45) is 1.58. The molecule has 2 amide bonds. The minimum Gasteiger partial charge on any atom is -0.352 e. The lowest BCUT2D eigenvalue weighted by Gasteiger charge is -2.14. The molecule has 0 heterocycles. The highest BCUT2D eigenvalue weighted by atomic mass is 16.2. The van der Waals surface area contributed by atoms with Crippen LogP contribution in [0.5, 0.6) is 0 Å². The van der Waals surface area contributed by atoms with Gasteiger partial charge in [0.15, 0.2) is 0 Å². The van der Waals surface area contributed by atoms with E-state index in [1.807, 2.05) is 32.0 Å². The van der Waals surface area contributed by atoms with Crippen molar-refractivity contribution in [1.82, 2.24) is 5.32 Å². The molecule has 1 unspecified atom stereocenters. The first-order valence-corrected chi connectivity index (χ1v) is 6.22. The molecule has 1 aromatic carbocycles. The molecule has 0 fully saturated rings. The monoisotopic (exact) mass is 260 g/mol. The Morgan fingerprint density at radius 1 is 1.32 bits per heavy atom. The molecule has 0 spiro atoms. The lowest BCUT2D eigenvalue weighted by molar-refractivity contribution is -0.131. The van der Waals surface area contributed by atoms with Crippen molar-refractivity contribution in [3.05, 3.63) is 42.0 Å². The first kappa shape index (κ1) is 15.0. The Kier molecular flexibility index (Phi) is 5.30. The van der Waals surface area contributed by atoms with Crippen molar-refractivity contribution >= 4 is 17.5 Å². The van der Waals surface area contributed by atoms with Crippen LogP contribution in [-0.4, -0.2) is 18.4 Å². The van der Waals surface area contributed by atoms with Gasteiger partial charge in [0.2, 0.25) is 11.8 Å². The Bertz CT molecular complexity index is 495. The summed E-state index contributed by atoms with van der Waals surface area (Å²) in [5.41, 5.74) is 2.77. The van der Waals surface area contributed by atoms with E-state index in [1.165, 1.54) is 0 Å². The van der Waals surface area contributed by atoms with E-state index in [0.717, 1.165) is 16.8 Å². The van der Waals surface area contributed by atoms with E-state index in [-0.39, 0.29) is 11.8 Å². The van der Waals surface area contributed by atoms with Crippen molar-refractivity contribution < 1.29 is 9.59 Å². The average Bonchev–Trinajstić information content (AvgIpc) is 2.39. The molecular weight excluding hydrogens is 240 g/mol. The van der Waals surface area contributed by atoms with Gasteiger partial charge in [-0.25, -0.2) is 0 Å². The predicted octanol–water partition coefficient (Wildman–Crippen LogP) is 2.18. The number of anilines is 1. The highest BCUT2D eigenvalue weighted by molar-refractivity contribution is 6.06. The van der Waals surface area contributed by atoms with Crippen LogP contribution in [0.3, 0.4) is 0 Å². The Balaban J connectivity index is 2.70. The summed E-state index contributed by atoms with van der Waals surface area (Å²) in [5, 5.41) is 5.39. The van der Waals surface area contributed by atoms with Gasteiger partial charge < -0.3 is 10.6 Å². The summed E-state index contributed by atoms with van der Waals surface area (Å²) in [6.45, 7) is 9.32. The maximum absolute atomic E-state index is 12.0. The second kappa shape index (κ2) is 6.73. The maximum atomic E-state index is 12.0. The van der Waals surface area contributed by atoms with Gasteiger partial charge in [-0.3, -0.25) is 9.59 Å². The molecule has 0 aliphatic carbocycles. The van der Waals surface area contributed by atoms with E-state index in [9.17, 15) is 9.59 Å². The molecule has 0 radical (unpaired) electrons. The van der Waals surface area contributed by atoms with Crippen LogP contribution >= 0.6 is 0 Å². The molecule has 0 saturated heterocycles. The number of hydrogen-bond donors (Lipinski definition) is 2. The Hall–Kier alpha value is -2.10. The molecule has 4 nitrogen and oxygen atoms in total. The van der Waals surface area contributed by atoms with Gasteiger partial charge in [0.05, 0.1) is 0 Å². The van der Waals surface area contributed by atoms with Crippen LogP contribution in [-0.2, 0) is 9.59 Å². The zero-order valence-electron chi connectivity index (χ0n) is 11.6. The fraction of sp³-hybridized carbons (Fsp3) is 0.333. The van der Waals surface area contributed by atoms with Crippen LogP contribution in [0.1, 0.15) is 18.1 Å². The van der Waals surface area contributed by atoms with Crippen LogP contribution < -0.4 is 10.6 Å². The van der Waals surface area contributed by atoms with Crippen molar-refractivity contribution in [1.29, 1.82) is 0 Å². The Morgan fingerprint density at radius 3 is 2.63 bits per heavy atom. The average molecular weight is 260 g/mol. The van der Waals surface area contributed by atoms with Crippen LogP contribution in [0.4, 0.5) is 5.69 Å². The third kappa shape index (κ3) is 4.25. The molecule has 0 aromatic heterocycles. The molecule has 1 aromatic rings. The lowest BCUT2D eigenvalue weighted by atomic mass is 10.1. The number of hydrogen-bond acceptors (Lipinski definition) is 2.